The van der Waals surface area contributed by atoms with Gasteiger partial charge in [-0.1, -0.05) is 18.2 Å². The molecule has 0 aromatic heterocycles. The number of likely N-dealkylation sites (tertiary alicyclic amines) is 1. The number of anilines is 1. The number of urea groups is 2. The van der Waals surface area contributed by atoms with Crippen LogP contribution in [0.2, 0.25) is 0 Å². The minimum atomic E-state index is -0.0592. The molecular weight excluding hydrogens is 352 g/mol. The lowest BCUT2D eigenvalue weighted by molar-refractivity contribution is 0.204. The highest BCUT2D eigenvalue weighted by atomic mass is 16.2. The van der Waals surface area contributed by atoms with Crippen molar-refractivity contribution in [3.63, 3.8) is 0 Å². The predicted molar refractivity (Wildman–Crippen MR) is 108 cm³/mol. The molecule has 4 amide bonds. The lowest BCUT2D eigenvalue weighted by Crippen LogP contribution is -2.53. The Kier molecular flexibility index (Phi) is 4.44. The second-order valence-corrected chi connectivity index (χ2v) is 9.43. The van der Waals surface area contributed by atoms with Gasteiger partial charge in [0.1, 0.15) is 0 Å². The van der Waals surface area contributed by atoms with Crippen LogP contribution in [0.5, 0.6) is 0 Å². The van der Waals surface area contributed by atoms with Gasteiger partial charge in [0.2, 0.25) is 0 Å². The van der Waals surface area contributed by atoms with Gasteiger partial charge in [0.15, 0.2) is 0 Å². The van der Waals surface area contributed by atoms with Crippen LogP contribution in [0.15, 0.2) is 30.3 Å². The number of hydrogen-bond donors (Lipinski definition) is 3. The largest absolute Gasteiger partial charge is 0.338 e. The van der Waals surface area contributed by atoms with Crippen molar-refractivity contribution in [3.05, 3.63) is 30.3 Å². The molecule has 1 heterocycles. The molecule has 5 atom stereocenters. The summed E-state index contributed by atoms with van der Waals surface area (Å²) in [7, 11) is 0. The number of benzene rings is 1. The van der Waals surface area contributed by atoms with Crippen molar-refractivity contribution in [2.45, 2.75) is 44.1 Å². The standard InChI is InChI=1S/C22H30N4O2/c27-20(25-22-11-16-8-17(12-22)10-18(22)9-16)23-13-15-6-7-26(14-15)21(28)24-19-4-2-1-3-5-19/h1-5,15-18H,6-14H2,(H,24,28)(H2,23,25,27)/t15?,16-,17?,18?,22?/m0/s1. The fourth-order valence-corrected chi connectivity index (χ4v) is 6.42. The van der Waals surface area contributed by atoms with Crippen LogP contribution in [0.25, 0.3) is 0 Å². The number of rotatable bonds is 4. The summed E-state index contributed by atoms with van der Waals surface area (Å²) in [5, 5.41) is 9.39. The Labute approximate surface area is 166 Å². The van der Waals surface area contributed by atoms with Gasteiger partial charge in [-0.15, -0.1) is 0 Å². The Morgan fingerprint density at radius 3 is 2.57 bits per heavy atom. The zero-order valence-corrected chi connectivity index (χ0v) is 16.3. The summed E-state index contributed by atoms with van der Waals surface area (Å²) in [4.78, 5) is 26.8. The molecule has 4 aliphatic carbocycles. The van der Waals surface area contributed by atoms with Crippen LogP contribution in [-0.2, 0) is 0 Å². The molecule has 6 rings (SSSR count). The number of carbonyl (C=O) groups is 2. The summed E-state index contributed by atoms with van der Waals surface area (Å²) < 4.78 is 0. The van der Waals surface area contributed by atoms with Crippen molar-refractivity contribution in [2.24, 2.45) is 23.7 Å². The molecule has 1 aromatic carbocycles. The molecule has 150 valence electrons. The summed E-state index contributed by atoms with van der Waals surface area (Å²) in [6.45, 7) is 2.06. The van der Waals surface area contributed by atoms with Gasteiger partial charge in [0.05, 0.1) is 0 Å². The van der Waals surface area contributed by atoms with E-state index in [1.165, 1.54) is 32.1 Å². The van der Waals surface area contributed by atoms with Crippen LogP contribution < -0.4 is 16.0 Å². The molecule has 0 spiro atoms. The van der Waals surface area contributed by atoms with Crippen LogP contribution in [-0.4, -0.2) is 42.1 Å². The van der Waals surface area contributed by atoms with E-state index < -0.39 is 0 Å². The Balaban J connectivity index is 1.07. The lowest BCUT2D eigenvalue weighted by atomic mass is 9.80. The van der Waals surface area contributed by atoms with E-state index >= 15 is 0 Å². The van der Waals surface area contributed by atoms with Crippen LogP contribution >= 0.6 is 0 Å². The number of hydrogen-bond acceptors (Lipinski definition) is 2. The van der Waals surface area contributed by atoms with Crippen molar-refractivity contribution in [1.82, 2.24) is 15.5 Å². The predicted octanol–water partition coefficient (Wildman–Crippen LogP) is 3.42. The quantitative estimate of drug-likeness (QED) is 0.746. The van der Waals surface area contributed by atoms with Crippen LogP contribution in [0.4, 0.5) is 15.3 Å². The number of para-hydroxylation sites is 1. The average Bonchev–Trinajstić information content (AvgIpc) is 3.30. The zero-order valence-electron chi connectivity index (χ0n) is 16.3. The Morgan fingerprint density at radius 2 is 1.82 bits per heavy atom. The summed E-state index contributed by atoms with van der Waals surface area (Å²) >= 11 is 0. The summed E-state index contributed by atoms with van der Waals surface area (Å²) in [5.41, 5.74) is 0.892. The molecule has 1 aromatic rings. The topological polar surface area (TPSA) is 73.5 Å². The maximum Gasteiger partial charge on any atom is 0.321 e. The molecule has 6 nitrogen and oxygen atoms in total. The third-order valence-corrected chi connectivity index (χ3v) is 7.50. The number of nitrogens with zero attached hydrogens (tertiary/aromatic N) is 1. The molecule has 4 saturated carbocycles. The van der Waals surface area contributed by atoms with Crippen molar-refractivity contribution in [2.75, 3.05) is 25.0 Å². The first-order chi connectivity index (χ1) is 13.6. The number of nitrogens with one attached hydrogen (secondary N) is 3. The Bertz CT molecular complexity index is 738. The first-order valence-electron chi connectivity index (χ1n) is 10.8. The lowest BCUT2D eigenvalue weighted by Gasteiger charge is -2.34. The van der Waals surface area contributed by atoms with E-state index in [2.05, 4.69) is 16.0 Å². The van der Waals surface area contributed by atoms with Crippen LogP contribution in [0.3, 0.4) is 0 Å². The normalized spacial score (nSPS) is 35.2. The van der Waals surface area contributed by atoms with Gasteiger partial charge in [0.25, 0.3) is 0 Å². The first kappa shape index (κ1) is 17.8. The molecule has 4 unspecified atom stereocenters. The smallest absolute Gasteiger partial charge is 0.321 e. The summed E-state index contributed by atoms with van der Waals surface area (Å²) in [5.74, 6) is 2.69. The molecule has 4 bridgehead atoms. The van der Waals surface area contributed by atoms with Crippen LogP contribution in [0, 0.1) is 23.7 Å². The maximum atomic E-state index is 12.6. The number of carbonyl (C=O) groups excluding carboxylic acids is 2. The van der Waals surface area contributed by atoms with Crippen molar-refractivity contribution in [1.29, 1.82) is 0 Å². The molecule has 1 saturated heterocycles. The fraction of sp³-hybridized carbons (Fsp3) is 0.636. The number of amides is 4. The van der Waals surface area contributed by atoms with E-state index in [4.69, 9.17) is 0 Å². The van der Waals surface area contributed by atoms with E-state index in [0.717, 1.165) is 30.5 Å². The zero-order chi connectivity index (χ0) is 19.1. The van der Waals surface area contributed by atoms with Crippen molar-refractivity contribution < 1.29 is 9.59 Å². The summed E-state index contributed by atoms with van der Waals surface area (Å²) in [6, 6.07) is 9.46. The molecule has 1 aliphatic heterocycles. The minimum Gasteiger partial charge on any atom is -0.338 e. The van der Waals surface area contributed by atoms with E-state index in [-0.39, 0.29) is 17.6 Å². The third kappa shape index (κ3) is 3.33. The van der Waals surface area contributed by atoms with Crippen molar-refractivity contribution in [3.8, 4) is 0 Å². The maximum absolute atomic E-state index is 12.6. The highest BCUT2D eigenvalue weighted by Crippen LogP contribution is 2.60. The van der Waals surface area contributed by atoms with Gasteiger partial charge in [-0.3, -0.25) is 0 Å². The van der Waals surface area contributed by atoms with Gasteiger partial charge in [-0.05, 0) is 74.3 Å². The molecule has 3 N–H and O–H groups in total. The highest BCUT2D eigenvalue weighted by molar-refractivity contribution is 5.89. The first-order valence-corrected chi connectivity index (χ1v) is 10.8. The second-order valence-electron chi connectivity index (χ2n) is 9.43. The molecular formula is C22H30N4O2. The van der Waals surface area contributed by atoms with E-state index in [9.17, 15) is 9.59 Å². The van der Waals surface area contributed by atoms with Gasteiger partial charge in [-0.25, -0.2) is 9.59 Å². The minimum absolute atomic E-state index is 0.0135. The summed E-state index contributed by atoms with van der Waals surface area (Å²) in [6.07, 6.45) is 7.29. The van der Waals surface area contributed by atoms with Gasteiger partial charge in [-0.2, -0.15) is 0 Å². The monoisotopic (exact) mass is 382 g/mol. The van der Waals surface area contributed by atoms with Gasteiger partial charge < -0.3 is 20.9 Å². The fourth-order valence-electron chi connectivity index (χ4n) is 6.42. The van der Waals surface area contributed by atoms with E-state index in [0.29, 0.717) is 24.9 Å². The molecule has 28 heavy (non-hydrogen) atoms. The Morgan fingerprint density at radius 1 is 1.07 bits per heavy atom. The molecule has 5 fully saturated rings. The van der Waals surface area contributed by atoms with Gasteiger partial charge in [0, 0.05) is 30.9 Å². The molecule has 0 radical (unpaired) electrons. The molecule has 5 aliphatic rings. The van der Waals surface area contributed by atoms with Gasteiger partial charge >= 0.3 is 12.1 Å². The van der Waals surface area contributed by atoms with Crippen LogP contribution in [0.1, 0.15) is 38.5 Å². The third-order valence-electron chi connectivity index (χ3n) is 7.50. The highest BCUT2D eigenvalue weighted by Gasteiger charge is 2.58. The average molecular weight is 383 g/mol. The van der Waals surface area contributed by atoms with E-state index in [1.807, 2.05) is 35.2 Å². The molecule has 6 heteroatoms. The SMILES string of the molecule is O=C(NCC1CCN(C(=O)Nc2ccccc2)C1)NC12CC3CC1C[C@H](C3)C2. The van der Waals surface area contributed by atoms with Crippen molar-refractivity contribution >= 4 is 17.7 Å². The second kappa shape index (κ2) is 6.98. The van der Waals surface area contributed by atoms with E-state index in [1.54, 1.807) is 0 Å². The Hall–Kier alpha value is -2.24.